The van der Waals surface area contributed by atoms with Gasteiger partial charge in [-0.15, -0.1) is 0 Å². The third-order valence-corrected chi connectivity index (χ3v) is 8.78. The summed E-state index contributed by atoms with van der Waals surface area (Å²) in [5.41, 5.74) is 4.17. The van der Waals surface area contributed by atoms with Crippen molar-refractivity contribution in [1.29, 1.82) is 0 Å². The van der Waals surface area contributed by atoms with Gasteiger partial charge in [0.25, 0.3) is 5.92 Å². The Bertz CT molecular complexity index is 945. The summed E-state index contributed by atoms with van der Waals surface area (Å²) in [6.07, 6.45) is 24.8. The predicted octanol–water partition coefficient (Wildman–Crippen LogP) is 9.74. The molecule has 0 N–H and O–H groups in total. The van der Waals surface area contributed by atoms with Gasteiger partial charge in [0.1, 0.15) is 0 Å². The number of alkyl halides is 2. The lowest BCUT2D eigenvalue weighted by Gasteiger charge is -2.50. The number of allylic oxidation sites excluding steroid dienone is 11. The van der Waals surface area contributed by atoms with Crippen molar-refractivity contribution in [1.82, 2.24) is 4.90 Å². The number of halogens is 2. The van der Waals surface area contributed by atoms with Gasteiger partial charge in [-0.1, -0.05) is 81.9 Å². The molecule has 0 amide bonds. The van der Waals surface area contributed by atoms with E-state index < -0.39 is 5.92 Å². The summed E-state index contributed by atoms with van der Waals surface area (Å²) < 4.78 is 29.3. The van der Waals surface area contributed by atoms with Crippen molar-refractivity contribution in [2.75, 3.05) is 13.1 Å². The highest BCUT2D eigenvalue weighted by atomic mass is 19.3. The fourth-order valence-electron chi connectivity index (χ4n) is 6.70. The Labute approximate surface area is 219 Å². The molecule has 0 aromatic carbocycles. The Morgan fingerprint density at radius 1 is 1.17 bits per heavy atom. The van der Waals surface area contributed by atoms with Crippen molar-refractivity contribution < 1.29 is 8.78 Å². The molecule has 0 bridgehead atoms. The van der Waals surface area contributed by atoms with E-state index in [1.165, 1.54) is 32.1 Å². The van der Waals surface area contributed by atoms with Crippen LogP contribution in [0.25, 0.3) is 0 Å². The first-order valence-corrected chi connectivity index (χ1v) is 14.0. The third-order valence-electron chi connectivity index (χ3n) is 8.78. The highest BCUT2D eigenvalue weighted by molar-refractivity contribution is 5.43. The summed E-state index contributed by atoms with van der Waals surface area (Å²) in [5, 5.41) is 0. The van der Waals surface area contributed by atoms with Crippen molar-refractivity contribution in [2.45, 2.75) is 91.4 Å². The van der Waals surface area contributed by atoms with Crippen LogP contribution in [0.2, 0.25) is 0 Å². The van der Waals surface area contributed by atoms with Crippen molar-refractivity contribution in [3.63, 3.8) is 0 Å². The van der Waals surface area contributed by atoms with Gasteiger partial charge in [-0.2, -0.15) is 0 Å². The molecule has 1 saturated carbocycles. The quantitative estimate of drug-likeness (QED) is 0.288. The number of nitrogens with zero attached hydrogens (tertiary/aromatic N) is 1. The van der Waals surface area contributed by atoms with Gasteiger partial charge in [0.15, 0.2) is 0 Å². The first-order valence-electron chi connectivity index (χ1n) is 14.0. The maximum absolute atomic E-state index is 14.6. The average molecular weight is 496 g/mol. The van der Waals surface area contributed by atoms with Crippen molar-refractivity contribution in [2.24, 2.45) is 17.3 Å². The second kappa shape index (κ2) is 12.4. The molecule has 0 radical (unpaired) electrons. The Morgan fingerprint density at radius 3 is 2.50 bits per heavy atom. The monoisotopic (exact) mass is 495 g/mol. The molecule has 1 spiro atoms. The van der Waals surface area contributed by atoms with E-state index in [1.54, 1.807) is 24.6 Å². The van der Waals surface area contributed by atoms with Crippen molar-refractivity contribution >= 4 is 0 Å². The van der Waals surface area contributed by atoms with E-state index in [-0.39, 0.29) is 5.57 Å². The van der Waals surface area contributed by atoms with E-state index in [9.17, 15) is 8.78 Å². The van der Waals surface area contributed by atoms with Gasteiger partial charge in [-0.25, -0.2) is 8.78 Å². The molecule has 2 aliphatic carbocycles. The molecule has 3 heteroatoms. The van der Waals surface area contributed by atoms with Crippen LogP contribution in [0.15, 0.2) is 83.7 Å². The highest BCUT2D eigenvalue weighted by Crippen LogP contribution is 2.52. The highest BCUT2D eigenvalue weighted by Gasteiger charge is 2.43. The molecule has 2 fully saturated rings. The summed E-state index contributed by atoms with van der Waals surface area (Å²) in [6, 6.07) is 0. The molecular formula is C33H47F2N. The largest absolute Gasteiger partial charge is 0.372 e. The fraction of sp³-hybridized carbons (Fsp3) is 0.576. The number of piperidine rings is 1. The zero-order valence-electron chi connectivity index (χ0n) is 23.1. The zero-order valence-corrected chi connectivity index (χ0v) is 23.1. The second-order valence-electron chi connectivity index (χ2n) is 11.4. The molecule has 0 aromatic rings. The molecule has 2 unspecified atom stereocenters. The molecule has 36 heavy (non-hydrogen) atoms. The van der Waals surface area contributed by atoms with Gasteiger partial charge >= 0.3 is 0 Å². The van der Waals surface area contributed by atoms with Crippen LogP contribution in [0.5, 0.6) is 0 Å². The minimum Gasteiger partial charge on any atom is -0.372 e. The van der Waals surface area contributed by atoms with Crippen LogP contribution < -0.4 is 0 Å². The lowest BCUT2D eigenvalue weighted by atomic mass is 9.59. The Hall–Kier alpha value is -2.16. The first-order chi connectivity index (χ1) is 17.1. The summed E-state index contributed by atoms with van der Waals surface area (Å²) in [4.78, 5) is 2.26. The molecule has 1 nitrogen and oxygen atoms in total. The van der Waals surface area contributed by atoms with Gasteiger partial charge in [0.05, 0.1) is 0 Å². The minimum atomic E-state index is -2.92. The summed E-state index contributed by atoms with van der Waals surface area (Å²) in [7, 11) is 0. The molecule has 3 rings (SSSR count). The van der Waals surface area contributed by atoms with E-state index >= 15 is 0 Å². The molecule has 0 aromatic heterocycles. The molecule has 3 aliphatic rings. The van der Waals surface area contributed by atoms with E-state index in [1.807, 2.05) is 6.92 Å². The Kier molecular flexibility index (Phi) is 9.78. The fourth-order valence-corrected chi connectivity index (χ4v) is 6.70. The Balaban J connectivity index is 1.78. The SMILES string of the molecule is C=C/C(=C\C(=C(/C)C(=C)N1CCC2(CC1)CC(CCC)CC(C1=CC=CC=CC1)C2)C(C)(F)F)CC. The summed E-state index contributed by atoms with van der Waals surface area (Å²) in [6.45, 7) is 17.0. The summed E-state index contributed by atoms with van der Waals surface area (Å²) in [5.74, 6) is -1.49. The molecule has 1 heterocycles. The normalized spacial score (nSPS) is 25.3. The lowest BCUT2D eigenvalue weighted by Crippen LogP contribution is -2.44. The van der Waals surface area contributed by atoms with E-state index in [0.717, 1.165) is 56.5 Å². The molecule has 1 aliphatic heterocycles. The van der Waals surface area contributed by atoms with Crippen LogP contribution in [0.4, 0.5) is 8.78 Å². The van der Waals surface area contributed by atoms with Gasteiger partial charge in [-0.3, -0.25) is 0 Å². The predicted molar refractivity (Wildman–Crippen MR) is 151 cm³/mol. The van der Waals surface area contributed by atoms with Gasteiger partial charge in [0, 0.05) is 31.3 Å². The van der Waals surface area contributed by atoms with E-state index in [4.69, 9.17) is 0 Å². The number of hydrogen-bond acceptors (Lipinski definition) is 1. The minimum absolute atomic E-state index is 0.0617. The van der Waals surface area contributed by atoms with Crippen LogP contribution in [0.1, 0.15) is 85.5 Å². The molecule has 1 saturated heterocycles. The zero-order chi connectivity index (χ0) is 26.3. The van der Waals surface area contributed by atoms with Crippen LogP contribution in [-0.4, -0.2) is 23.9 Å². The number of likely N-dealkylation sites (tertiary alicyclic amines) is 1. The average Bonchev–Trinajstić information content (AvgIpc) is 3.13. The smallest absolute Gasteiger partial charge is 0.270 e. The van der Waals surface area contributed by atoms with Gasteiger partial charge in [-0.05, 0) is 86.3 Å². The Morgan fingerprint density at radius 2 is 1.89 bits per heavy atom. The first kappa shape index (κ1) is 28.4. The number of hydrogen-bond donors (Lipinski definition) is 0. The van der Waals surface area contributed by atoms with Crippen LogP contribution in [0.3, 0.4) is 0 Å². The van der Waals surface area contributed by atoms with Gasteiger partial charge in [0.2, 0.25) is 0 Å². The molecular weight excluding hydrogens is 448 g/mol. The third kappa shape index (κ3) is 6.99. The van der Waals surface area contributed by atoms with E-state index in [0.29, 0.717) is 23.3 Å². The van der Waals surface area contributed by atoms with Crippen molar-refractivity contribution in [3.8, 4) is 0 Å². The maximum Gasteiger partial charge on any atom is 0.270 e. The van der Waals surface area contributed by atoms with Crippen molar-refractivity contribution in [3.05, 3.63) is 83.7 Å². The van der Waals surface area contributed by atoms with Crippen LogP contribution in [0, 0.1) is 17.3 Å². The van der Waals surface area contributed by atoms with E-state index in [2.05, 4.69) is 55.4 Å². The lowest BCUT2D eigenvalue weighted by molar-refractivity contribution is 0.0348. The molecule has 2 atom stereocenters. The second-order valence-corrected chi connectivity index (χ2v) is 11.4. The standard InChI is InChI=1S/C33H47F2N/c1-7-14-28-21-30(29-15-12-10-11-13-16-29)24-33(23-28)17-19-36(20-18-33)26(5)25(4)31(32(6,34)35)22-27(8-2)9-3/h8,10-13,15,22,28,30H,2,5,7,9,14,16-21,23-24H2,1,3-4,6H3/b27-22+,31-25-. The van der Waals surface area contributed by atoms with Gasteiger partial charge < -0.3 is 4.90 Å². The number of rotatable bonds is 9. The van der Waals surface area contributed by atoms with Crippen LogP contribution >= 0.6 is 0 Å². The van der Waals surface area contributed by atoms with Crippen LogP contribution in [-0.2, 0) is 0 Å². The summed E-state index contributed by atoms with van der Waals surface area (Å²) >= 11 is 0. The molecule has 198 valence electrons. The maximum atomic E-state index is 14.6. The topological polar surface area (TPSA) is 3.24 Å².